The number of hydrogen-bond acceptors (Lipinski definition) is 5. The number of hydrogen-bond donors (Lipinski definition) is 1. The Morgan fingerprint density at radius 1 is 1.44 bits per heavy atom. The fraction of sp³-hybridized carbons (Fsp3) is 1.00. The van der Waals surface area contributed by atoms with E-state index in [1.807, 2.05) is 0 Å². The second-order valence-electron chi connectivity index (χ2n) is 4.82. The molecule has 1 atom stereocenters. The lowest BCUT2D eigenvalue weighted by Gasteiger charge is -2.35. The molecular formula is C13H29N3O2. The molecule has 108 valence electrons. The van der Waals surface area contributed by atoms with Crippen molar-refractivity contribution in [2.45, 2.75) is 19.4 Å². The minimum Gasteiger partial charge on any atom is -0.383 e. The van der Waals surface area contributed by atoms with E-state index in [0.717, 1.165) is 65.4 Å². The Bertz CT molecular complexity index is 197. The molecule has 0 aromatic carbocycles. The highest BCUT2D eigenvalue weighted by atomic mass is 16.5. The molecule has 5 nitrogen and oxygen atoms in total. The van der Waals surface area contributed by atoms with Crippen molar-refractivity contribution in [3.05, 3.63) is 0 Å². The Kier molecular flexibility index (Phi) is 8.54. The molecule has 0 saturated carbocycles. The van der Waals surface area contributed by atoms with Crippen LogP contribution in [0.15, 0.2) is 0 Å². The van der Waals surface area contributed by atoms with E-state index >= 15 is 0 Å². The standard InChI is InChI=1S/C13H29N3O2/c1-3-15-8-10-18-13(11-15)12-16(6-4-5-14)7-9-17-2/h13H,3-12,14H2,1-2H3. The second-order valence-corrected chi connectivity index (χ2v) is 4.82. The van der Waals surface area contributed by atoms with Crippen molar-refractivity contribution in [2.24, 2.45) is 5.73 Å². The largest absolute Gasteiger partial charge is 0.383 e. The van der Waals surface area contributed by atoms with Gasteiger partial charge in [0.05, 0.1) is 19.3 Å². The Hall–Kier alpha value is -0.200. The van der Waals surface area contributed by atoms with Crippen LogP contribution in [0.3, 0.4) is 0 Å². The van der Waals surface area contributed by atoms with Gasteiger partial charge in [0, 0.05) is 33.3 Å². The minimum absolute atomic E-state index is 0.327. The second kappa shape index (κ2) is 9.69. The molecule has 0 radical (unpaired) electrons. The van der Waals surface area contributed by atoms with Gasteiger partial charge in [0.2, 0.25) is 0 Å². The van der Waals surface area contributed by atoms with Gasteiger partial charge in [-0.2, -0.15) is 0 Å². The van der Waals surface area contributed by atoms with Crippen LogP contribution in [-0.2, 0) is 9.47 Å². The molecule has 0 spiro atoms. The molecule has 0 aliphatic carbocycles. The molecule has 1 heterocycles. The lowest BCUT2D eigenvalue weighted by Crippen LogP contribution is -2.48. The summed E-state index contributed by atoms with van der Waals surface area (Å²) in [4.78, 5) is 4.85. The molecule has 0 amide bonds. The predicted octanol–water partition coefficient (Wildman–Crippen LogP) is 0.00430. The Labute approximate surface area is 111 Å². The minimum atomic E-state index is 0.327. The number of nitrogens with zero attached hydrogens (tertiary/aromatic N) is 2. The van der Waals surface area contributed by atoms with Gasteiger partial charge in [-0.25, -0.2) is 0 Å². The van der Waals surface area contributed by atoms with E-state index in [1.54, 1.807) is 7.11 Å². The average Bonchev–Trinajstić information content (AvgIpc) is 2.42. The van der Waals surface area contributed by atoms with Gasteiger partial charge in [0.1, 0.15) is 0 Å². The Balaban J connectivity index is 2.32. The van der Waals surface area contributed by atoms with E-state index in [1.165, 1.54) is 0 Å². The number of morpholine rings is 1. The van der Waals surface area contributed by atoms with Crippen LogP contribution in [0.5, 0.6) is 0 Å². The first kappa shape index (κ1) is 15.9. The molecule has 1 rings (SSSR count). The van der Waals surface area contributed by atoms with Gasteiger partial charge < -0.3 is 15.2 Å². The topological polar surface area (TPSA) is 51.0 Å². The first-order valence-electron chi connectivity index (χ1n) is 7.05. The zero-order chi connectivity index (χ0) is 13.2. The van der Waals surface area contributed by atoms with Gasteiger partial charge in [-0.1, -0.05) is 6.92 Å². The maximum absolute atomic E-state index is 5.85. The lowest BCUT2D eigenvalue weighted by atomic mass is 10.2. The summed E-state index contributed by atoms with van der Waals surface area (Å²) in [5, 5.41) is 0. The average molecular weight is 259 g/mol. The summed E-state index contributed by atoms with van der Waals surface area (Å²) in [6.07, 6.45) is 1.36. The first-order valence-corrected chi connectivity index (χ1v) is 7.05. The summed E-state index contributed by atoms with van der Waals surface area (Å²) in [7, 11) is 1.75. The van der Waals surface area contributed by atoms with Crippen LogP contribution in [0.2, 0.25) is 0 Å². The summed E-state index contributed by atoms with van der Waals surface area (Å²) in [5.41, 5.74) is 5.58. The third-order valence-electron chi connectivity index (χ3n) is 3.42. The summed E-state index contributed by atoms with van der Waals surface area (Å²) in [6.45, 7) is 10.8. The monoisotopic (exact) mass is 259 g/mol. The molecule has 5 heteroatoms. The molecule has 1 unspecified atom stereocenters. The van der Waals surface area contributed by atoms with Crippen LogP contribution < -0.4 is 5.73 Å². The van der Waals surface area contributed by atoms with Crippen LogP contribution in [0.25, 0.3) is 0 Å². The molecule has 1 fully saturated rings. The number of likely N-dealkylation sites (N-methyl/N-ethyl adjacent to an activating group) is 1. The number of ether oxygens (including phenoxy) is 2. The normalized spacial score (nSPS) is 21.7. The van der Waals surface area contributed by atoms with Crippen LogP contribution in [-0.4, -0.2) is 82.0 Å². The maximum Gasteiger partial charge on any atom is 0.0829 e. The molecule has 0 aromatic rings. The van der Waals surface area contributed by atoms with Crippen LogP contribution in [0.1, 0.15) is 13.3 Å². The zero-order valence-electron chi connectivity index (χ0n) is 11.9. The number of nitrogens with two attached hydrogens (primary N) is 1. The van der Waals surface area contributed by atoms with Gasteiger partial charge in [-0.05, 0) is 26.1 Å². The van der Waals surface area contributed by atoms with Crippen molar-refractivity contribution in [1.82, 2.24) is 9.80 Å². The fourth-order valence-electron chi connectivity index (χ4n) is 2.30. The molecule has 2 N–H and O–H groups in total. The quantitative estimate of drug-likeness (QED) is 0.632. The molecule has 0 aromatic heterocycles. The van der Waals surface area contributed by atoms with E-state index in [-0.39, 0.29) is 0 Å². The van der Waals surface area contributed by atoms with Gasteiger partial charge >= 0.3 is 0 Å². The highest BCUT2D eigenvalue weighted by Gasteiger charge is 2.21. The predicted molar refractivity (Wildman–Crippen MR) is 73.8 cm³/mol. The summed E-state index contributed by atoms with van der Waals surface area (Å²) < 4.78 is 11.0. The van der Waals surface area contributed by atoms with Crippen LogP contribution in [0, 0.1) is 0 Å². The van der Waals surface area contributed by atoms with E-state index in [2.05, 4.69) is 16.7 Å². The summed E-state index contributed by atoms with van der Waals surface area (Å²) >= 11 is 0. The molecule has 0 bridgehead atoms. The van der Waals surface area contributed by atoms with Crippen LogP contribution >= 0.6 is 0 Å². The van der Waals surface area contributed by atoms with Gasteiger partial charge in [0.25, 0.3) is 0 Å². The van der Waals surface area contributed by atoms with Gasteiger partial charge in [0.15, 0.2) is 0 Å². The third-order valence-corrected chi connectivity index (χ3v) is 3.42. The smallest absolute Gasteiger partial charge is 0.0829 e. The third kappa shape index (κ3) is 6.11. The van der Waals surface area contributed by atoms with Crippen LogP contribution in [0.4, 0.5) is 0 Å². The van der Waals surface area contributed by atoms with E-state index in [9.17, 15) is 0 Å². The lowest BCUT2D eigenvalue weighted by molar-refractivity contribution is -0.0437. The Morgan fingerprint density at radius 3 is 2.94 bits per heavy atom. The first-order chi connectivity index (χ1) is 8.80. The number of methoxy groups -OCH3 is 1. The van der Waals surface area contributed by atoms with Crippen molar-refractivity contribution < 1.29 is 9.47 Å². The van der Waals surface area contributed by atoms with Crippen molar-refractivity contribution in [1.29, 1.82) is 0 Å². The summed E-state index contributed by atoms with van der Waals surface area (Å²) in [6, 6.07) is 0. The molecular weight excluding hydrogens is 230 g/mol. The van der Waals surface area contributed by atoms with Crippen molar-refractivity contribution in [3.63, 3.8) is 0 Å². The Morgan fingerprint density at radius 2 is 2.28 bits per heavy atom. The molecule has 1 aliphatic rings. The van der Waals surface area contributed by atoms with Gasteiger partial charge in [-0.3, -0.25) is 9.80 Å². The highest BCUT2D eigenvalue weighted by Crippen LogP contribution is 2.07. The van der Waals surface area contributed by atoms with Gasteiger partial charge in [-0.15, -0.1) is 0 Å². The molecule has 1 aliphatic heterocycles. The van der Waals surface area contributed by atoms with Crippen molar-refractivity contribution in [2.75, 3.05) is 66.1 Å². The zero-order valence-corrected chi connectivity index (χ0v) is 11.9. The summed E-state index contributed by atoms with van der Waals surface area (Å²) in [5.74, 6) is 0. The number of rotatable bonds is 9. The van der Waals surface area contributed by atoms with Crippen molar-refractivity contribution in [3.8, 4) is 0 Å². The van der Waals surface area contributed by atoms with E-state index in [0.29, 0.717) is 6.10 Å². The van der Waals surface area contributed by atoms with Crippen molar-refractivity contribution >= 4 is 0 Å². The van der Waals surface area contributed by atoms with E-state index < -0.39 is 0 Å². The fourth-order valence-corrected chi connectivity index (χ4v) is 2.30. The maximum atomic E-state index is 5.85. The SMILES string of the molecule is CCN1CCOC(CN(CCCN)CCOC)C1. The van der Waals surface area contributed by atoms with E-state index in [4.69, 9.17) is 15.2 Å². The molecule has 1 saturated heterocycles. The highest BCUT2D eigenvalue weighted by molar-refractivity contribution is 4.74. The molecule has 18 heavy (non-hydrogen) atoms.